The quantitative estimate of drug-likeness (QED) is 0.509. The van der Waals surface area contributed by atoms with Crippen molar-refractivity contribution >= 4 is 34.7 Å². The first-order valence-electron chi connectivity index (χ1n) is 9.07. The SMILES string of the molecule is CC(C)c1cc(-c2nnc(SCC(=O)Nc3ccc(F)cc3)n2C(C)C)cs1. The van der Waals surface area contributed by atoms with Gasteiger partial charge in [0.2, 0.25) is 5.91 Å². The molecule has 1 aromatic carbocycles. The third-order valence-electron chi connectivity index (χ3n) is 4.09. The van der Waals surface area contributed by atoms with Gasteiger partial charge in [0.25, 0.3) is 0 Å². The van der Waals surface area contributed by atoms with Crippen LogP contribution in [-0.4, -0.2) is 26.4 Å². The molecule has 0 atom stereocenters. The van der Waals surface area contributed by atoms with Crippen molar-refractivity contribution in [2.45, 2.75) is 44.8 Å². The summed E-state index contributed by atoms with van der Waals surface area (Å²) >= 11 is 3.07. The van der Waals surface area contributed by atoms with Crippen LogP contribution in [0.2, 0.25) is 0 Å². The van der Waals surface area contributed by atoms with Gasteiger partial charge in [-0.2, -0.15) is 0 Å². The number of aromatic nitrogens is 3. The molecular weight excluding hydrogens is 395 g/mol. The number of anilines is 1. The fourth-order valence-corrected chi connectivity index (χ4v) is 4.44. The number of nitrogens with zero attached hydrogens (tertiary/aromatic N) is 3. The minimum absolute atomic E-state index is 0.162. The van der Waals surface area contributed by atoms with Crippen LogP contribution in [0.15, 0.2) is 40.9 Å². The number of hydrogen-bond donors (Lipinski definition) is 1. The predicted molar refractivity (Wildman–Crippen MR) is 114 cm³/mol. The van der Waals surface area contributed by atoms with E-state index in [1.54, 1.807) is 11.3 Å². The molecule has 0 saturated carbocycles. The minimum atomic E-state index is -0.334. The molecule has 0 aliphatic heterocycles. The predicted octanol–water partition coefficient (Wildman–Crippen LogP) is 5.58. The molecule has 2 heterocycles. The van der Waals surface area contributed by atoms with E-state index in [0.29, 0.717) is 16.8 Å². The Balaban J connectivity index is 1.72. The Labute approximate surface area is 172 Å². The maximum absolute atomic E-state index is 13.0. The molecule has 5 nitrogen and oxygen atoms in total. The number of thioether (sulfide) groups is 1. The molecule has 28 heavy (non-hydrogen) atoms. The van der Waals surface area contributed by atoms with E-state index in [0.717, 1.165) is 11.4 Å². The van der Waals surface area contributed by atoms with Gasteiger partial charge in [-0.15, -0.1) is 21.5 Å². The lowest BCUT2D eigenvalue weighted by Gasteiger charge is -2.13. The summed E-state index contributed by atoms with van der Waals surface area (Å²) in [4.78, 5) is 13.5. The number of rotatable bonds is 7. The molecule has 0 aliphatic rings. The smallest absolute Gasteiger partial charge is 0.234 e. The van der Waals surface area contributed by atoms with Crippen molar-refractivity contribution in [3.8, 4) is 11.4 Å². The van der Waals surface area contributed by atoms with Gasteiger partial charge in [0, 0.05) is 27.5 Å². The Morgan fingerprint density at radius 2 is 1.93 bits per heavy atom. The van der Waals surface area contributed by atoms with E-state index < -0.39 is 0 Å². The van der Waals surface area contributed by atoms with Crippen LogP contribution >= 0.6 is 23.1 Å². The molecule has 0 bridgehead atoms. The molecule has 0 unspecified atom stereocenters. The molecule has 0 saturated heterocycles. The second-order valence-electron chi connectivity index (χ2n) is 7.01. The lowest BCUT2D eigenvalue weighted by molar-refractivity contribution is -0.113. The van der Waals surface area contributed by atoms with Crippen LogP contribution in [0.1, 0.15) is 44.5 Å². The highest BCUT2D eigenvalue weighted by Crippen LogP contribution is 2.32. The second-order valence-corrected chi connectivity index (χ2v) is 8.89. The van der Waals surface area contributed by atoms with E-state index in [9.17, 15) is 9.18 Å². The van der Waals surface area contributed by atoms with Crippen LogP contribution in [0.3, 0.4) is 0 Å². The van der Waals surface area contributed by atoms with Crippen molar-refractivity contribution in [1.82, 2.24) is 14.8 Å². The summed E-state index contributed by atoms with van der Waals surface area (Å²) in [5.41, 5.74) is 1.62. The van der Waals surface area contributed by atoms with Crippen molar-refractivity contribution < 1.29 is 9.18 Å². The first-order valence-corrected chi connectivity index (χ1v) is 10.9. The van der Waals surface area contributed by atoms with E-state index in [-0.39, 0.29) is 23.5 Å². The highest BCUT2D eigenvalue weighted by Gasteiger charge is 2.19. The van der Waals surface area contributed by atoms with Crippen molar-refractivity contribution in [1.29, 1.82) is 0 Å². The summed E-state index contributed by atoms with van der Waals surface area (Å²) in [5, 5.41) is 14.3. The van der Waals surface area contributed by atoms with Crippen LogP contribution in [0.25, 0.3) is 11.4 Å². The fourth-order valence-electron chi connectivity index (χ4n) is 2.67. The number of benzene rings is 1. The zero-order valence-corrected chi connectivity index (χ0v) is 17.9. The number of carbonyl (C=O) groups excluding carboxylic acids is 1. The Hall–Kier alpha value is -2.19. The normalized spacial score (nSPS) is 11.4. The molecule has 0 spiro atoms. The number of hydrogen-bond acceptors (Lipinski definition) is 5. The second kappa shape index (κ2) is 8.87. The number of amides is 1. The summed E-state index contributed by atoms with van der Waals surface area (Å²) < 4.78 is 15.0. The Morgan fingerprint density at radius 3 is 2.54 bits per heavy atom. The first kappa shape index (κ1) is 20.5. The summed E-state index contributed by atoms with van der Waals surface area (Å²) in [5.74, 6) is 0.981. The van der Waals surface area contributed by atoms with Gasteiger partial charge in [-0.25, -0.2) is 4.39 Å². The van der Waals surface area contributed by atoms with E-state index in [1.807, 2.05) is 0 Å². The van der Waals surface area contributed by atoms with E-state index in [2.05, 4.69) is 59.2 Å². The lowest BCUT2D eigenvalue weighted by atomic mass is 10.1. The number of nitrogens with one attached hydrogen (secondary N) is 1. The molecule has 0 radical (unpaired) electrons. The van der Waals surface area contributed by atoms with Crippen LogP contribution in [0.4, 0.5) is 10.1 Å². The van der Waals surface area contributed by atoms with Crippen molar-refractivity contribution in [3.05, 3.63) is 46.4 Å². The van der Waals surface area contributed by atoms with Crippen molar-refractivity contribution in [3.63, 3.8) is 0 Å². The maximum atomic E-state index is 13.0. The molecule has 1 N–H and O–H groups in total. The number of halogens is 1. The van der Waals surface area contributed by atoms with Gasteiger partial charge >= 0.3 is 0 Å². The molecule has 148 valence electrons. The lowest BCUT2D eigenvalue weighted by Crippen LogP contribution is -2.15. The summed E-state index contributed by atoms with van der Waals surface area (Å²) in [6.07, 6.45) is 0. The molecular formula is C20H23FN4OS2. The summed E-state index contributed by atoms with van der Waals surface area (Å²) in [6.45, 7) is 8.49. The van der Waals surface area contributed by atoms with E-state index in [1.165, 1.54) is 40.9 Å². The fraction of sp³-hybridized carbons (Fsp3) is 0.350. The summed E-state index contributed by atoms with van der Waals surface area (Å²) in [7, 11) is 0. The standard InChI is InChI=1S/C20H23FN4OS2/c1-12(2)17-9-14(10-27-17)19-23-24-20(25(19)13(3)4)28-11-18(26)22-16-7-5-15(21)6-8-16/h5-10,12-13H,11H2,1-4H3,(H,22,26). The highest BCUT2D eigenvalue weighted by atomic mass is 32.2. The van der Waals surface area contributed by atoms with E-state index >= 15 is 0 Å². The molecule has 8 heteroatoms. The van der Waals surface area contributed by atoms with E-state index in [4.69, 9.17) is 0 Å². The number of thiophene rings is 1. The molecule has 0 aliphatic carbocycles. The van der Waals surface area contributed by atoms with Crippen molar-refractivity contribution in [2.75, 3.05) is 11.1 Å². The maximum Gasteiger partial charge on any atom is 0.234 e. The monoisotopic (exact) mass is 418 g/mol. The zero-order chi connectivity index (χ0) is 20.3. The largest absolute Gasteiger partial charge is 0.325 e. The van der Waals surface area contributed by atoms with Crippen LogP contribution in [-0.2, 0) is 4.79 Å². The Morgan fingerprint density at radius 1 is 1.21 bits per heavy atom. The third-order valence-corrected chi connectivity index (χ3v) is 6.26. The van der Waals surface area contributed by atoms with Crippen LogP contribution < -0.4 is 5.32 Å². The number of carbonyl (C=O) groups is 1. The Kier molecular flexibility index (Phi) is 6.51. The molecule has 0 fully saturated rings. The van der Waals surface area contributed by atoms with Gasteiger partial charge < -0.3 is 5.32 Å². The van der Waals surface area contributed by atoms with Crippen molar-refractivity contribution in [2.24, 2.45) is 0 Å². The molecule has 2 aromatic heterocycles. The average Bonchev–Trinajstić information content (AvgIpc) is 3.28. The zero-order valence-electron chi connectivity index (χ0n) is 16.3. The molecule has 1 amide bonds. The van der Waals surface area contributed by atoms with Gasteiger partial charge in [0.15, 0.2) is 11.0 Å². The molecule has 3 rings (SSSR count). The summed E-state index contributed by atoms with van der Waals surface area (Å²) in [6, 6.07) is 8.03. The minimum Gasteiger partial charge on any atom is -0.325 e. The third kappa shape index (κ3) is 4.80. The first-order chi connectivity index (χ1) is 13.3. The van der Waals surface area contributed by atoms with Crippen LogP contribution in [0.5, 0.6) is 0 Å². The topological polar surface area (TPSA) is 59.8 Å². The Bertz CT molecular complexity index is 948. The van der Waals surface area contributed by atoms with Gasteiger partial charge in [0.05, 0.1) is 5.75 Å². The van der Waals surface area contributed by atoms with Gasteiger partial charge in [0.1, 0.15) is 5.82 Å². The van der Waals surface area contributed by atoms with Crippen LogP contribution in [0, 0.1) is 5.82 Å². The van der Waals surface area contributed by atoms with Gasteiger partial charge in [-0.1, -0.05) is 25.6 Å². The highest BCUT2D eigenvalue weighted by molar-refractivity contribution is 7.99. The molecule has 3 aromatic rings. The van der Waals surface area contributed by atoms with Gasteiger partial charge in [-0.3, -0.25) is 9.36 Å². The van der Waals surface area contributed by atoms with Gasteiger partial charge in [-0.05, 0) is 50.1 Å². The average molecular weight is 419 g/mol.